The van der Waals surface area contributed by atoms with Crippen LogP contribution in [-0.4, -0.2) is 58.5 Å². The second kappa shape index (κ2) is 16.7. The third-order valence-electron chi connectivity index (χ3n) is 6.19. The van der Waals surface area contributed by atoms with Crippen LogP contribution in [0.15, 0.2) is 88.6 Å². The van der Waals surface area contributed by atoms with E-state index in [1.54, 1.807) is 0 Å². The molecule has 8 N–H and O–H groups in total. The normalized spacial score (nSPS) is 12.2. The Hall–Kier alpha value is -4.84. The SMILES string of the molecule is CC(=O)Nc1ccc(N=Nc2c(S(=O)(=O)O)cc3cc(SOOO)c(N=Nc4ccc(NC(C)=O)cc4S(=O)(=O)O)c(O)c3c2O)c(SOOO)c1. The molecule has 0 fully saturated rings. The van der Waals surface area contributed by atoms with E-state index in [4.69, 9.17) is 10.5 Å². The summed E-state index contributed by atoms with van der Waals surface area (Å²) in [4.78, 5) is 20.8. The van der Waals surface area contributed by atoms with Crippen molar-refractivity contribution in [3.63, 3.8) is 0 Å². The second-order valence-electron chi connectivity index (χ2n) is 9.77. The van der Waals surface area contributed by atoms with Crippen LogP contribution in [0.25, 0.3) is 10.8 Å². The first kappa shape index (κ1) is 39.9. The number of fused-ring (bicyclic) bond motifs is 1. The molecule has 2 amide bonds. The summed E-state index contributed by atoms with van der Waals surface area (Å²) in [6, 6.07) is 8.81. The van der Waals surface area contributed by atoms with Gasteiger partial charge in [0.1, 0.15) is 32.5 Å². The fourth-order valence-corrected chi connectivity index (χ4v) is 6.53. The third kappa shape index (κ3) is 9.73. The number of hydrogen-bond acceptors (Lipinski definition) is 20. The molecule has 0 radical (unpaired) electrons. The molecule has 0 bridgehead atoms. The van der Waals surface area contributed by atoms with Crippen molar-refractivity contribution in [2.45, 2.75) is 33.4 Å². The summed E-state index contributed by atoms with van der Waals surface area (Å²) in [6.45, 7) is 2.38. The van der Waals surface area contributed by atoms with Crippen molar-refractivity contribution in [2.24, 2.45) is 20.5 Å². The first-order valence-corrected chi connectivity index (χ1v) is 17.8. The highest BCUT2D eigenvalue weighted by atomic mass is 32.2. The maximum absolute atomic E-state index is 12.4. The molecule has 52 heavy (non-hydrogen) atoms. The van der Waals surface area contributed by atoms with E-state index >= 15 is 0 Å². The molecule has 0 aliphatic heterocycles. The molecule has 0 atom stereocenters. The lowest BCUT2D eigenvalue weighted by Gasteiger charge is -2.13. The molecular formula is C26H22N6O16S4. The molecule has 0 aliphatic carbocycles. The van der Waals surface area contributed by atoms with E-state index in [1.807, 2.05) is 0 Å². The number of carbonyl (C=O) groups excluding carboxylic acids is 2. The minimum atomic E-state index is -5.20. The minimum absolute atomic E-state index is 0.0189. The number of hydrogen-bond donors (Lipinski definition) is 8. The van der Waals surface area contributed by atoms with Gasteiger partial charge in [0.15, 0.2) is 11.5 Å². The Morgan fingerprint density at radius 1 is 0.654 bits per heavy atom. The Kier molecular flexibility index (Phi) is 12.8. The summed E-state index contributed by atoms with van der Waals surface area (Å²) in [5.41, 5.74) is -1.99. The zero-order valence-corrected chi connectivity index (χ0v) is 29.1. The summed E-state index contributed by atoms with van der Waals surface area (Å²) < 4.78 is 77.7. The van der Waals surface area contributed by atoms with Gasteiger partial charge in [-0.1, -0.05) is 10.1 Å². The van der Waals surface area contributed by atoms with Crippen molar-refractivity contribution in [3.8, 4) is 11.5 Å². The number of aromatic hydroxyl groups is 2. The Morgan fingerprint density at radius 2 is 1.15 bits per heavy atom. The lowest BCUT2D eigenvalue weighted by Crippen LogP contribution is -2.07. The highest BCUT2D eigenvalue weighted by molar-refractivity contribution is 7.95. The highest BCUT2D eigenvalue weighted by Gasteiger charge is 2.27. The molecule has 22 nitrogen and oxygen atoms in total. The first-order chi connectivity index (χ1) is 24.4. The van der Waals surface area contributed by atoms with Gasteiger partial charge in [-0.25, -0.2) is 10.5 Å². The van der Waals surface area contributed by atoms with Gasteiger partial charge in [0.25, 0.3) is 20.2 Å². The van der Waals surface area contributed by atoms with Crippen LogP contribution >= 0.6 is 24.1 Å². The van der Waals surface area contributed by atoms with Crippen molar-refractivity contribution in [1.29, 1.82) is 0 Å². The Bertz CT molecular complexity index is 2340. The number of nitrogens with zero attached hydrogens (tertiary/aromatic N) is 4. The molecule has 0 heterocycles. The fraction of sp³-hybridized carbons (Fsp3) is 0.0769. The van der Waals surface area contributed by atoms with Crippen LogP contribution in [0.4, 0.5) is 34.1 Å². The van der Waals surface area contributed by atoms with Gasteiger partial charge in [0.05, 0.1) is 39.3 Å². The first-order valence-electron chi connectivity index (χ1n) is 13.4. The molecule has 0 aromatic heterocycles. The van der Waals surface area contributed by atoms with Crippen LogP contribution < -0.4 is 10.6 Å². The molecule has 26 heteroatoms. The van der Waals surface area contributed by atoms with Crippen LogP contribution in [0, 0.1) is 0 Å². The molecule has 0 spiro atoms. The Morgan fingerprint density at radius 3 is 1.71 bits per heavy atom. The van der Waals surface area contributed by atoms with E-state index in [2.05, 4.69) is 49.8 Å². The summed E-state index contributed by atoms with van der Waals surface area (Å²) in [5.74, 6) is -3.09. The number of phenolic OH excluding ortho intramolecular Hbond substituents is 2. The third-order valence-corrected chi connectivity index (χ3v) is 9.20. The summed E-state index contributed by atoms with van der Waals surface area (Å²) in [5, 5.41) is 66.2. The number of azo groups is 2. The number of anilines is 2. The predicted octanol–water partition coefficient (Wildman–Crippen LogP) is 6.35. The average Bonchev–Trinajstić information content (AvgIpc) is 3.04. The van der Waals surface area contributed by atoms with Gasteiger partial charge in [-0.05, 0) is 53.9 Å². The van der Waals surface area contributed by atoms with Gasteiger partial charge in [-0.2, -0.15) is 16.8 Å². The second-order valence-corrected chi connectivity index (χ2v) is 14.0. The average molecular weight is 803 g/mol. The van der Waals surface area contributed by atoms with Crippen molar-refractivity contribution >= 4 is 101 Å². The van der Waals surface area contributed by atoms with E-state index in [-0.39, 0.29) is 44.3 Å². The number of phenols is 2. The largest absolute Gasteiger partial charge is 0.505 e. The zero-order valence-electron chi connectivity index (χ0n) is 25.8. The topological polar surface area (TPSA) is 334 Å². The molecule has 276 valence electrons. The summed E-state index contributed by atoms with van der Waals surface area (Å²) in [7, 11) is -10.2. The monoisotopic (exact) mass is 802 g/mol. The van der Waals surface area contributed by atoms with Crippen molar-refractivity contribution < 1.29 is 75.0 Å². The highest BCUT2D eigenvalue weighted by Crippen LogP contribution is 2.51. The lowest BCUT2D eigenvalue weighted by atomic mass is 10.1. The standard InChI is InChI=1S/C26H22N6O16S4/c1-11(33)27-14-3-5-16(18(9-14)49-47-45-37)29-32-24-21(52(42,43)44)8-13-7-19(50-48-46-38)23(25(35)22(13)26(24)36)31-30-17-6-4-15(28-12(2)34)10-20(17)51(39,40)41/h3-10,35-38H,1-2H3,(H,27,33)(H,28,34)(H,39,40,41)(H,42,43,44). The molecule has 0 aliphatic rings. The van der Waals surface area contributed by atoms with Crippen molar-refractivity contribution in [2.75, 3.05) is 10.6 Å². The van der Waals surface area contributed by atoms with Gasteiger partial charge in [0, 0.05) is 25.2 Å². The van der Waals surface area contributed by atoms with E-state index < -0.39 is 75.8 Å². The molecule has 4 aromatic rings. The van der Waals surface area contributed by atoms with Crippen LogP contribution in [0.5, 0.6) is 11.5 Å². The van der Waals surface area contributed by atoms with E-state index in [0.717, 1.165) is 31.2 Å². The number of rotatable bonds is 14. The molecular weight excluding hydrogens is 781 g/mol. The number of carbonyl (C=O) groups is 2. The smallest absolute Gasteiger partial charge is 0.296 e. The Balaban J connectivity index is 1.95. The molecule has 4 rings (SSSR count). The predicted molar refractivity (Wildman–Crippen MR) is 178 cm³/mol. The van der Waals surface area contributed by atoms with Crippen molar-refractivity contribution in [1.82, 2.24) is 0 Å². The Labute approximate surface area is 299 Å². The maximum atomic E-state index is 12.4. The van der Waals surface area contributed by atoms with E-state index in [1.165, 1.54) is 31.2 Å². The lowest BCUT2D eigenvalue weighted by molar-refractivity contribution is -0.432. The van der Waals surface area contributed by atoms with Gasteiger partial charge in [-0.15, -0.1) is 29.1 Å². The summed E-state index contributed by atoms with van der Waals surface area (Å²) >= 11 is 0.546. The maximum Gasteiger partial charge on any atom is 0.296 e. The number of benzene rings is 4. The molecule has 4 aromatic carbocycles. The fourth-order valence-electron chi connectivity index (χ4n) is 4.25. The zero-order chi connectivity index (χ0) is 38.4. The van der Waals surface area contributed by atoms with Crippen LogP contribution in [0.2, 0.25) is 0 Å². The van der Waals surface area contributed by atoms with Crippen molar-refractivity contribution in [3.05, 3.63) is 48.5 Å². The molecule has 0 saturated carbocycles. The van der Waals surface area contributed by atoms with Crippen LogP contribution in [-0.2, 0) is 48.6 Å². The number of nitrogens with one attached hydrogen (secondary N) is 2. The van der Waals surface area contributed by atoms with E-state index in [9.17, 15) is 45.7 Å². The van der Waals surface area contributed by atoms with Gasteiger partial charge < -0.3 is 20.8 Å². The quantitative estimate of drug-likeness (QED) is 0.0226. The minimum Gasteiger partial charge on any atom is -0.505 e. The molecule has 0 saturated heterocycles. The molecule has 0 unspecified atom stereocenters. The van der Waals surface area contributed by atoms with E-state index in [0.29, 0.717) is 12.0 Å². The van der Waals surface area contributed by atoms with Gasteiger partial charge >= 0.3 is 0 Å². The van der Waals surface area contributed by atoms with Gasteiger partial charge in [0.2, 0.25) is 11.8 Å². The van der Waals surface area contributed by atoms with Crippen LogP contribution in [0.1, 0.15) is 13.8 Å². The summed E-state index contributed by atoms with van der Waals surface area (Å²) in [6.07, 6.45) is 0. The number of amides is 2. The van der Waals surface area contributed by atoms with Gasteiger partial charge in [-0.3, -0.25) is 18.7 Å². The van der Waals surface area contributed by atoms with Crippen LogP contribution in [0.3, 0.4) is 0 Å².